The third-order valence-corrected chi connectivity index (χ3v) is 3.04. The molecule has 1 unspecified atom stereocenters. The minimum absolute atomic E-state index is 0.237. The molecule has 0 aliphatic carbocycles. The second-order valence-electron chi connectivity index (χ2n) is 4.74. The number of nitrogens with zero attached hydrogens (tertiary/aromatic N) is 1. The number of rotatable bonds is 2. The maximum absolute atomic E-state index is 12.6. The minimum atomic E-state index is -4.30. The molecular formula is C13H16F3NO. The lowest BCUT2D eigenvalue weighted by atomic mass is 10.0. The summed E-state index contributed by atoms with van der Waals surface area (Å²) in [6.45, 7) is 4.74. The molecule has 1 saturated heterocycles. The van der Waals surface area contributed by atoms with Gasteiger partial charge in [0, 0.05) is 12.6 Å². The van der Waals surface area contributed by atoms with Gasteiger partial charge in [0.15, 0.2) is 0 Å². The zero-order chi connectivity index (χ0) is 13.3. The van der Waals surface area contributed by atoms with Crippen molar-refractivity contribution in [1.29, 1.82) is 0 Å². The normalized spacial score (nSPS) is 21.8. The Bertz CT molecular complexity index is 417. The first-order valence-corrected chi connectivity index (χ1v) is 5.98. The van der Waals surface area contributed by atoms with Crippen LogP contribution >= 0.6 is 0 Å². The highest BCUT2D eigenvalue weighted by Crippen LogP contribution is 2.34. The highest BCUT2D eigenvalue weighted by atomic mass is 19.4. The summed E-state index contributed by atoms with van der Waals surface area (Å²) >= 11 is 0. The van der Waals surface area contributed by atoms with Gasteiger partial charge in [-0.15, -0.1) is 0 Å². The molecule has 0 bridgehead atoms. The standard InChI is InChI=1S/C13H16F3NO/c1-9(2)17-7-6-12(18-17)10-4-3-5-11(8-10)13(14,15)16/h3-5,8-9,12H,6-7H2,1-2H3. The van der Waals surface area contributed by atoms with Crippen LogP contribution in [0.3, 0.4) is 0 Å². The van der Waals surface area contributed by atoms with Crippen LogP contribution in [-0.2, 0) is 11.0 Å². The van der Waals surface area contributed by atoms with Gasteiger partial charge in [-0.1, -0.05) is 12.1 Å². The topological polar surface area (TPSA) is 12.5 Å². The van der Waals surface area contributed by atoms with Crippen LogP contribution in [0.5, 0.6) is 0 Å². The molecule has 2 nitrogen and oxygen atoms in total. The number of hydroxylamine groups is 2. The Kier molecular flexibility index (Phi) is 3.64. The Morgan fingerprint density at radius 3 is 2.61 bits per heavy atom. The highest BCUT2D eigenvalue weighted by Gasteiger charge is 2.32. The third-order valence-electron chi connectivity index (χ3n) is 3.04. The molecule has 0 spiro atoms. The minimum Gasteiger partial charge on any atom is -0.291 e. The van der Waals surface area contributed by atoms with E-state index < -0.39 is 11.7 Å². The summed E-state index contributed by atoms with van der Waals surface area (Å²) in [5.41, 5.74) is -0.0282. The molecule has 0 N–H and O–H groups in total. The maximum atomic E-state index is 12.6. The SMILES string of the molecule is CC(C)N1CCC(c2cccc(C(F)(F)F)c2)O1. The van der Waals surface area contributed by atoms with E-state index in [-0.39, 0.29) is 12.1 Å². The average molecular weight is 259 g/mol. The Hall–Kier alpha value is -1.07. The van der Waals surface area contributed by atoms with Crippen LogP contribution in [0, 0.1) is 0 Å². The van der Waals surface area contributed by atoms with Crippen molar-refractivity contribution in [2.24, 2.45) is 0 Å². The lowest BCUT2D eigenvalue weighted by molar-refractivity contribution is -0.167. The number of alkyl halides is 3. The van der Waals surface area contributed by atoms with E-state index in [0.717, 1.165) is 19.0 Å². The molecule has 0 radical (unpaired) electrons. The van der Waals surface area contributed by atoms with Gasteiger partial charge in [-0.3, -0.25) is 4.84 Å². The van der Waals surface area contributed by atoms with Crippen LogP contribution < -0.4 is 0 Å². The van der Waals surface area contributed by atoms with E-state index in [2.05, 4.69) is 0 Å². The smallest absolute Gasteiger partial charge is 0.291 e. The average Bonchev–Trinajstić information content (AvgIpc) is 2.77. The second kappa shape index (κ2) is 4.90. The molecule has 1 heterocycles. The van der Waals surface area contributed by atoms with Crippen LogP contribution in [0.25, 0.3) is 0 Å². The quantitative estimate of drug-likeness (QED) is 0.801. The first-order chi connectivity index (χ1) is 8.38. The van der Waals surface area contributed by atoms with Crippen molar-refractivity contribution in [1.82, 2.24) is 5.06 Å². The summed E-state index contributed by atoms with van der Waals surface area (Å²) < 4.78 is 37.8. The molecule has 1 aliphatic heterocycles. The molecule has 100 valence electrons. The van der Waals surface area contributed by atoms with Crippen LogP contribution in [-0.4, -0.2) is 17.6 Å². The van der Waals surface area contributed by atoms with Crippen LogP contribution in [0.4, 0.5) is 13.2 Å². The van der Waals surface area contributed by atoms with Crippen molar-refractivity contribution in [2.45, 2.75) is 38.6 Å². The lowest BCUT2D eigenvalue weighted by Gasteiger charge is -2.20. The van der Waals surface area contributed by atoms with E-state index in [9.17, 15) is 13.2 Å². The Morgan fingerprint density at radius 2 is 2.06 bits per heavy atom. The molecule has 1 aliphatic rings. The molecule has 1 aromatic carbocycles. The predicted molar refractivity (Wildman–Crippen MR) is 61.7 cm³/mol. The van der Waals surface area contributed by atoms with Gasteiger partial charge in [-0.2, -0.15) is 18.2 Å². The van der Waals surface area contributed by atoms with E-state index in [0.29, 0.717) is 5.56 Å². The first-order valence-electron chi connectivity index (χ1n) is 5.98. The molecule has 0 saturated carbocycles. The van der Waals surface area contributed by atoms with Gasteiger partial charge in [0.2, 0.25) is 0 Å². The summed E-state index contributed by atoms with van der Waals surface area (Å²) in [6, 6.07) is 5.61. The summed E-state index contributed by atoms with van der Waals surface area (Å²) in [5, 5.41) is 1.81. The summed E-state index contributed by atoms with van der Waals surface area (Å²) in [6.07, 6.45) is -3.85. The Labute approximate surface area is 104 Å². The van der Waals surface area contributed by atoms with Crippen molar-refractivity contribution in [3.05, 3.63) is 35.4 Å². The zero-order valence-corrected chi connectivity index (χ0v) is 10.4. The molecule has 18 heavy (non-hydrogen) atoms. The van der Waals surface area contributed by atoms with E-state index in [1.54, 1.807) is 6.07 Å². The number of hydrogen-bond donors (Lipinski definition) is 0. The molecule has 0 amide bonds. The van der Waals surface area contributed by atoms with E-state index in [1.807, 2.05) is 18.9 Å². The van der Waals surface area contributed by atoms with Gasteiger partial charge in [-0.05, 0) is 38.0 Å². The predicted octanol–water partition coefficient (Wildman–Crippen LogP) is 3.79. The van der Waals surface area contributed by atoms with Gasteiger partial charge in [0.1, 0.15) is 6.10 Å². The molecule has 2 rings (SSSR count). The fraction of sp³-hybridized carbons (Fsp3) is 0.538. The molecule has 1 aromatic rings. The van der Waals surface area contributed by atoms with Gasteiger partial charge in [0.25, 0.3) is 0 Å². The largest absolute Gasteiger partial charge is 0.416 e. The second-order valence-corrected chi connectivity index (χ2v) is 4.74. The lowest BCUT2D eigenvalue weighted by Crippen LogP contribution is -2.26. The molecule has 1 fully saturated rings. The summed E-state index contributed by atoms with van der Waals surface area (Å²) in [4.78, 5) is 5.64. The van der Waals surface area contributed by atoms with Crippen molar-refractivity contribution in [2.75, 3.05) is 6.54 Å². The fourth-order valence-corrected chi connectivity index (χ4v) is 2.04. The highest BCUT2D eigenvalue weighted by molar-refractivity contribution is 5.27. The summed E-state index contributed by atoms with van der Waals surface area (Å²) in [7, 11) is 0. The van der Waals surface area contributed by atoms with Crippen LogP contribution in [0.2, 0.25) is 0 Å². The maximum Gasteiger partial charge on any atom is 0.416 e. The Morgan fingerprint density at radius 1 is 1.33 bits per heavy atom. The number of hydrogen-bond acceptors (Lipinski definition) is 2. The van der Waals surface area contributed by atoms with Gasteiger partial charge >= 0.3 is 6.18 Å². The van der Waals surface area contributed by atoms with E-state index >= 15 is 0 Å². The van der Waals surface area contributed by atoms with Crippen molar-refractivity contribution < 1.29 is 18.0 Å². The molecule has 0 aromatic heterocycles. The van der Waals surface area contributed by atoms with Crippen molar-refractivity contribution in [3.63, 3.8) is 0 Å². The third kappa shape index (κ3) is 2.84. The molecular weight excluding hydrogens is 243 g/mol. The van der Waals surface area contributed by atoms with E-state index in [4.69, 9.17) is 4.84 Å². The van der Waals surface area contributed by atoms with Gasteiger partial charge in [0.05, 0.1) is 5.56 Å². The van der Waals surface area contributed by atoms with E-state index in [1.165, 1.54) is 12.1 Å². The van der Waals surface area contributed by atoms with Crippen molar-refractivity contribution >= 4 is 0 Å². The molecule has 1 atom stereocenters. The van der Waals surface area contributed by atoms with Crippen LogP contribution in [0.1, 0.15) is 37.5 Å². The number of benzene rings is 1. The van der Waals surface area contributed by atoms with Crippen molar-refractivity contribution in [3.8, 4) is 0 Å². The van der Waals surface area contributed by atoms with Crippen LogP contribution in [0.15, 0.2) is 24.3 Å². The zero-order valence-electron chi connectivity index (χ0n) is 10.4. The molecule has 5 heteroatoms. The number of halogens is 3. The monoisotopic (exact) mass is 259 g/mol. The van der Waals surface area contributed by atoms with Gasteiger partial charge in [-0.25, -0.2) is 0 Å². The van der Waals surface area contributed by atoms with Gasteiger partial charge < -0.3 is 0 Å². The Balaban J connectivity index is 2.15. The fourth-order valence-electron chi connectivity index (χ4n) is 2.04. The summed E-state index contributed by atoms with van der Waals surface area (Å²) in [5.74, 6) is 0. The first kappa shape index (κ1) is 13.4.